The summed E-state index contributed by atoms with van der Waals surface area (Å²) in [6, 6.07) is 6.94. The van der Waals surface area contributed by atoms with Crippen LogP contribution in [0.5, 0.6) is 0 Å². The van der Waals surface area contributed by atoms with E-state index in [1.54, 1.807) is 24.3 Å². The SMILES string of the molecule is CC1C2C3CC(C12)N(C(=O)OC(C)(C)C)C3CN1C(=O)c2ccccc2C1=O. The van der Waals surface area contributed by atoms with Crippen LogP contribution in [0, 0.1) is 23.7 Å². The molecule has 2 heterocycles. The van der Waals surface area contributed by atoms with E-state index in [9.17, 15) is 14.4 Å². The molecule has 2 bridgehead atoms. The number of rotatable bonds is 2. The maximum Gasteiger partial charge on any atom is 0.410 e. The molecule has 2 saturated carbocycles. The van der Waals surface area contributed by atoms with Crippen molar-refractivity contribution in [2.24, 2.45) is 23.7 Å². The van der Waals surface area contributed by atoms with Crippen LogP contribution in [0.15, 0.2) is 24.3 Å². The molecule has 6 heteroatoms. The molecular weight excluding hydrogens is 356 g/mol. The maximum atomic E-state index is 13.0. The third-order valence-electron chi connectivity index (χ3n) is 7.03. The minimum atomic E-state index is -0.576. The number of carbonyl (C=O) groups is 3. The fourth-order valence-electron chi connectivity index (χ4n) is 5.97. The van der Waals surface area contributed by atoms with Crippen molar-refractivity contribution in [3.8, 4) is 0 Å². The predicted molar refractivity (Wildman–Crippen MR) is 102 cm³/mol. The first-order valence-electron chi connectivity index (χ1n) is 10.2. The Morgan fingerprint density at radius 1 is 1.11 bits per heavy atom. The molecule has 1 aromatic rings. The Kier molecular flexibility index (Phi) is 3.53. The third kappa shape index (κ3) is 2.36. The summed E-state index contributed by atoms with van der Waals surface area (Å²) >= 11 is 0. The van der Waals surface area contributed by atoms with E-state index in [4.69, 9.17) is 4.74 Å². The largest absolute Gasteiger partial charge is 0.444 e. The summed E-state index contributed by atoms with van der Waals surface area (Å²) in [7, 11) is 0. The van der Waals surface area contributed by atoms with E-state index < -0.39 is 5.60 Å². The van der Waals surface area contributed by atoms with E-state index in [1.165, 1.54) is 4.90 Å². The van der Waals surface area contributed by atoms with E-state index in [2.05, 4.69) is 6.92 Å². The predicted octanol–water partition coefficient (Wildman–Crippen LogP) is 3.17. The van der Waals surface area contributed by atoms with E-state index >= 15 is 0 Å². The highest BCUT2D eigenvalue weighted by molar-refractivity contribution is 6.21. The number of piperidine rings is 1. The smallest absolute Gasteiger partial charge is 0.410 e. The van der Waals surface area contributed by atoms with Gasteiger partial charge in [-0.15, -0.1) is 0 Å². The fraction of sp³-hybridized carbons (Fsp3) is 0.591. The van der Waals surface area contributed by atoms with Crippen LogP contribution in [0.1, 0.15) is 54.8 Å². The first kappa shape index (κ1) is 17.7. The van der Waals surface area contributed by atoms with Gasteiger partial charge in [-0.1, -0.05) is 19.1 Å². The molecular formula is C22H26N2O4. The van der Waals surface area contributed by atoms with Gasteiger partial charge in [0.2, 0.25) is 0 Å². The number of imide groups is 1. The Balaban J connectivity index is 1.43. The lowest BCUT2D eigenvalue weighted by molar-refractivity contribution is 0.00180. The summed E-state index contributed by atoms with van der Waals surface area (Å²) in [6.07, 6.45) is 0.631. The van der Waals surface area contributed by atoms with Gasteiger partial charge in [0.15, 0.2) is 0 Å². The second kappa shape index (κ2) is 5.58. The van der Waals surface area contributed by atoms with Gasteiger partial charge in [0.1, 0.15) is 5.60 Å². The van der Waals surface area contributed by atoms with Crippen molar-refractivity contribution >= 4 is 17.9 Å². The number of hydrogen-bond acceptors (Lipinski definition) is 4. The molecule has 2 aliphatic carbocycles. The highest BCUT2D eigenvalue weighted by atomic mass is 16.6. The summed E-state index contributed by atoms with van der Waals surface area (Å²) in [5, 5.41) is 0. The van der Waals surface area contributed by atoms with Gasteiger partial charge in [0, 0.05) is 6.04 Å². The van der Waals surface area contributed by atoms with Crippen molar-refractivity contribution in [1.82, 2.24) is 9.80 Å². The zero-order valence-electron chi connectivity index (χ0n) is 16.7. The minimum Gasteiger partial charge on any atom is -0.444 e. The van der Waals surface area contributed by atoms with Crippen LogP contribution in [0.4, 0.5) is 4.79 Å². The molecule has 5 rings (SSSR count). The van der Waals surface area contributed by atoms with Crippen molar-refractivity contribution in [2.45, 2.75) is 51.8 Å². The fourth-order valence-corrected chi connectivity index (χ4v) is 5.97. The maximum absolute atomic E-state index is 13.0. The molecule has 6 unspecified atom stereocenters. The van der Waals surface area contributed by atoms with E-state index in [1.807, 2.05) is 25.7 Å². The Labute approximate surface area is 164 Å². The Bertz CT molecular complexity index is 854. The number of amides is 3. The van der Waals surface area contributed by atoms with Gasteiger partial charge in [-0.25, -0.2) is 4.79 Å². The van der Waals surface area contributed by atoms with E-state index in [-0.39, 0.29) is 36.5 Å². The van der Waals surface area contributed by atoms with Gasteiger partial charge in [-0.3, -0.25) is 19.4 Å². The molecule has 4 aliphatic rings. The number of hydrogen-bond donors (Lipinski definition) is 0. The topological polar surface area (TPSA) is 66.9 Å². The lowest BCUT2D eigenvalue weighted by Crippen LogP contribution is -2.53. The standard InChI is InChI=1S/C22H26N2O4/c1-11-17-14-9-15(18(11)17)24(21(27)28-22(2,3)4)16(14)10-23-19(25)12-7-5-6-8-13(12)20(23)26/h5-8,11,14-18H,9-10H2,1-4H3. The quantitative estimate of drug-likeness (QED) is 0.737. The van der Waals surface area contributed by atoms with E-state index in [0.29, 0.717) is 34.8 Å². The van der Waals surface area contributed by atoms with Crippen molar-refractivity contribution in [3.05, 3.63) is 35.4 Å². The molecule has 28 heavy (non-hydrogen) atoms. The van der Waals surface area contributed by atoms with Crippen LogP contribution in [0.25, 0.3) is 0 Å². The van der Waals surface area contributed by atoms with E-state index in [0.717, 1.165) is 6.42 Å². The highest BCUT2D eigenvalue weighted by Crippen LogP contribution is 2.67. The average Bonchev–Trinajstić information content (AvgIpc) is 2.92. The molecule has 0 N–H and O–H groups in total. The molecule has 2 aliphatic heterocycles. The monoisotopic (exact) mass is 382 g/mol. The minimum absolute atomic E-state index is 0.159. The zero-order valence-corrected chi connectivity index (χ0v) is 16.7. The second-order valence-corrected chi connectivity index (χ2v) is 9.70. The van der Waals surface area contributed by atoms with Gasteiger partial charge >= 0.3 is 6.09 Å². The normalized spacial score (nSPS) is 35.3. The van der Waals surface area contributed by atoms with Crippen molar-refractivity contribution < 1.29 is 19.1 Å². The van der Waals surface area contributed by atoms with Crippen LogP contribution in [-0.4, -0.2) is 51.9 Å². The van der Waals surface area contributed by atoms with Gasteiger partial charge in [-0.05, 0) is 63.0 Å². The van der Waals surface area contributed by atoms with Crippen molar-refractivity contribution in [3.63, 3.8) is 0 Å². The lowest BCUT2D eigenvalue weighted by Gasteiger charge is -2.37. The first-order valence-corrected chi connectivity index (χ1v) is 10.2. The summed E-state index contributed by atoms with van der Waals surface area (Å²) in [6.45, 7) is 8.08. The summed E-state index contributed by atoms with van der Waals surface area (Å²) < 4.78 is 5.69. The number of fused-ring (bicyclic) bond motifs is 6. The van der Waals surface area contributed by atoms with Crippen LogP contribution < -0.4 is 0 Å². The third-order valence-corrected chi connectivity index (χ3v) is 7.03. The Morgan fingerprint density at radius 3 is 2.29 bits per heavy atom. The summed E-state index contributed by atoms with van der Waals surface area (Å²) in [5.41, 5.74) is 0.336. The van der Waals surface area contributed by atoms with Crippen LogP contribution in [0.2, 0.25) is 0 Å². The van der Waals surface area contributed by atoms with Gasteiger partial charge in [-0.2, -0.15) is 0 Å². The second-order valence-electron chi connectivity index (χ2n) is 9.70. The first-order chi connectivity index (χ1) is 13.2. The summed E-state index contributed by atoms with van der Waals surface area (Å²) in [5.74, 6) is 1.56. The van der Waals surface area contributed by atoms with Crippen LogP contribution >= 0.6 is 0 Å². The van der Waals surface area contributed by atoms with Gasteiger partial charge < -0.3 is 4.74 Å². The zero-order chi connectivity index (χ0) is 20.0. The van der Waals surface area contributed by atoms with Crippen molar-refractivity contribution in [1.29, 1.82) is 0 Å². The number of ether oxygens (including phenoxy) is 1. The molecule has 6 atom stereocenters. The highest BCUT2D eigenvalue weighted by Gasteiger charge is 2.70. The number of carbonyl (C=O) groups excluding carboxylic acids is 3. The Hall–Kier alpha value is -2.37. The van der Waals surface area contributed by atoms with Crippen LogP contribution in [-0.2, 0) is 4.74 Å². The molecule has 6 nitrogen and oxygen atoms in total. The molecule has 148 valence electrons. The average molecular weight is 382 g/mol. The Morgan fingerprint density at radius 2 is 1.71 bits per heavy atom. The molecule has 3 amide bonds. The lowest BCUT2D eigenvalue weighted by atomic mass is 9.94. The van der Waals surface area contributed by atoms with Crippen molar-refractivity contribution in [2.75, 3.05) is 6.54 Å². The van der Waals surface area contributed by atoms with Gasteiger partial charge in [0.25, 0.3) is 11.8 Å². The molecule has 0 radical (unpaired) electrons. The molecule has 0 aromatic heterocycles. The molecule has 1 saturated heterocycles. The molecule has 3 fully saturated rings. The van der Waals surface area contributed by atoms with Gasteiger partial charge in [0.05, 0.1) is 23.7 Å². The molecule has 1 aromatic carbocycles. The summed E-state index contributed by atoms with van der Waals surface area (Å²) in [4.78, 5) is 41.8. The molecule has 0 spiro atoms. The number of benzene rings is 1. The number of likely N-dealkylation sites (tertiary alicyclic amines) is 1. The van der Waals surface area contributed by atoms with Crippen LogP contribution in [0.3, 0.4) is 0 Å². The number of nitrogens with zero attached hydrogens (tertiary/aromatic N) is 2.